The van der Waals surface area contributed by atoms with Crippen LogP contribution in [-0.4, -0.2) is 31.9 Å². The molecule has 1 saturated heterocycles. The molecule has 1 unspecified atom stereocenters. The molecule has 2 N–H and O–H groups in total. The van der Waals surface area contributed by atoms with Crippen molar-refractivity contribution in [2.75, 3.05) is 13.1 Å². The molecule has 1 fully saturated rings. The molecule has 22 heavy (non-hydrogen) atoms. The largest absolute Gasteiger partial charge is 0.327 e. The molecule has 0 amide bonds. The smallest absolute Gasteiger partial charge is 0.244 e. The summed E-state index contributed by atoms with van der Waals surface area (Å²) < 4.78 is 40.3. The third-order valence-electron chi connectivity index (χ3n) is 3.89. The van der Waals surface area contributed by atoms with Gasteiger partial charge in [0.2, 0.25) is 10.0 Å². The zero-order chi connectivity index (χ0) is 16.0. The number of hydrogen-bond acceptors (Lipinski definition) is 3. The predicted molar refractivity (Wildman–Crippen MR) is 88.8 cm³/mol. The Morgan fingerprint density at radius 1 is 1.36 bits per heavy atom. The lowest BCUT2D eigenvalue weighted by atomic mass is 9.81. The van der Waals surface area contributed by atoms with Crippen molar-refractivity contribution in [3.05, 3.63) is 28.0 Å². The van der Waals surface area contributed by atoms with Gasteiger partial charge in [-0.05, 0) is 24.0 Å². The monoisotopic (exact) mass is 390 g/mol. The Morgan fingerprint density at radius 3 is 2.50 bits per heavy atom. The van der Waals surface area contributed by atoms with Crippen LogP contribution >= 0.6 is 35.6 Å². The van der Waals surface area contributed by atoms with Crippen molar-refractivity contribution in [2.24, 2.45) is 11.1 Å². The number of sulfonamides is 1. The van der Waals surface area contributed by atoms with Crippen molar-refractivity contribution in [2.45, 2.75) is 31.2 Å². The molecule has 1 aromatic carbocycles. The number of nitrogens with two attached hydrogens (primary N) is 1. The van der Waals surface area contributed by atoms with E-state index in [0.717, 1.165) is 0 Å². The molecule has 0 radical (unpaired) electrons. The van der Waals surface area contributed by atoms with Gasteiger partial charge >= 0.3 is 0 Å². The van der Waals surface area contributed by atoms with Gasteiger partial charge in [-0.1, -0.05) is 37.0 Å². The van der Waals surface area contributed by atoms with Crippen molar-refractivity contribution in [3.8, 4) is 0 Å². The van der Waals surface area contributed by atoms with Gasteiger partial charge in [-0.15, -0.1) is 12.4 Å². The highest BCUT2D eigenvalue weighted by molar-refractivity contribution is 7.89. The van der Waals surface area contributed by atoms with Crippen LogP contribution in [0.15, 0.2) is 17.0 Å². The van der Waals surface area contributed by atoms with Crippen molar-refractivity contribution >= 4 is 45.6 Å². The van der Waals surface area contributed by atoms with Gasteiger partial charge in [-0.3, -0.25) is 0 Å². The maximum absolute atomic E-state index is 13.7. The molecule has 0 spiro atoms. The second kappa shape index (κ2) is 6.79. The summed E-state index contributed by atoms with van der Waals surface area (Å²) in [7, 11) is -3.88. The average molecular weight is 392 g/mol. The fourth-order valence-electron chi connectivity index (χ4n) is 2.38. The summed E-state index contributed by atoms with van der Waals surface area (Å²) in [5.41, 5.74) is 5.65. The molecule has 1 aromatic rings. The second-order valence-electron chi connectivity index (χ2n) is 5.90. The summed E-state index contributed by atoms with van der Waals surface area (Å²) in [4.78, 5) is -0.266. The Balaban J connectivity index is 0.00000242. The molecule has 1 atom stereocenters. The zero-order valence-corrected chi connectivity index (χ0v) is 15.3. The summed E-state index contributed by atoms with van der Waals surface area (Å²) in [5.74, 6) is -0.924. The lowest BCUT2D eigenvalue weighted by molar-refractivity contribution is 0.155. The summed E-state index contributed by atoms with van der Waals surface area (Å²) in [6, 6.07) is 2.34. The van der Waals surface area contributed by atoms with Gasteiger partial charge in [0.15, 0.2) is 5.82 Å². The normalized spacial score (nSPS) is 22.2. The highest BCUT2D eigenvalue weighted by Gasteiger charge is 2.39. The fraction of sp³-hybridized carbons (Fsp3) is 0.538. The van der Waals surface area contributed by atoms with Gasteiger partial charge in [0.05, 0.1) is 10.0 Å². The molecule has 2 rings (SSSR count). The Kier molecular flexibility index (Phi) is 6.15. The van der Waals surface area contributed by atoms with E-state index in [2.05, 4.69) is 0 Å². The molecule has 0 bridgehead atoms. The Labute approximate surface area is 146 Å². The minimum absolute atomic E-state index is 0. The molecule has 0 aromatic heterocycles. The minimum atomic E-state index is -3.88. The highest BCUT2D eigenvalue weighted by Crippen LogP contribution is 2.35. The van der Waals surface area contributed by atoms with Crippen LogP contribution in [-0.2, 0) is 10.0 Å². The highest BCUT2D eigenvalue weighted by atomic mass is 35.5. The summed E-state index contributed by atoms with van der Waals surface area (Å²) in [6.07, 6.45) is 0.542. The van der Waals surface area contributed by atoms with Crippen LogP contribution in [0.1, 0.15) is 20.3 Å². The van der Waals surface area contributed by atoms with Crippen molar-refractivity contribution in [1.82, 2.24) is 4.31 Å². The summed E-state index contributed by atoms with van der Waals surface area (Å²) >= 11 is 11.4. The molecule has 0 aliphatic carbocycles. The van der Waals surface area contributed by atoms with E-state index in [1.165, 1.54) is 16.4 Å². The van der Waals surface area contributed by atoms with Crippen LogP contribution in [0.5, 0.6) is 0 Å². The van der Waals surface area contributed by atoms with Crippen LogP contribution in [0.3, 0.4) is 0 Å². The van der Waals surface area contributed by atoms with Gasteiger partial charge in [-0.2, -0.15) is 4.31 Å². The SMILES string of the molecule is CC1(C)CN(S(=O)(=O)c2ccc(Cl)c(F)c2Cl)CCC1N.Cl. The topological polar surface area (TPSA) is 63.4 Å². The van der Waals surface area contributed by atoms with E-state index in [1.54, 1.807) is 0 Å². The maximum Gasteiger partial charge on any atom is 0.244 e. The number of piperidine rings is 1. The average Bonchev–Trinajstić information content (AvgIpc) is 2.38. The van der Waals surface area contributed by atoms with E-state index in [-0.39, 0.29) is 46.9 Å². The predicted octanol–water partition coefficient (Wildman–Crippen LogP) is 3.30. The van der Waals surface area contributed by atoms with Crippen LogP contribution in [0.2, 0.25) is 10.0 Å². The van der Waals surface area contributed by atoms with E-state index in [4.69, 9.17) is 28.9 Å². The number of nitrogens with zero attached hydrogens (tertiary/aromatic N) is 1. The van der Waals surface area contributed by atoms with Crippen LogP contribution in [0.4, 0.5) is 4.39 Å². The molecule has 1 aliphatic rings. The van der Waals surface area contributed by atoms with Crippen LogP contribution in [0.25, 0.3) is 0 Å². The Hall–Kier alpha value is -0.110. The zero-order valence-electron chi connectivity index (χ0n) is 12.1. The van der Waals surface area contributed by atoms with Gasteiger partial charge in [0.25, 0.3) is 0 Å². The molecule has 1 aliphatic heterocycles. The van der Waals surface area contributed by atoms with E-state index in [1.807, 2.05) is 13.8 Å². The van der Waals surface area contributed by atoms with Crippen LogP contribution < -0.4 is 5.73 Å². The standard InChI is InChI=1S/C13H17Cl2FN2O2S.ClH/c1-13(2)7-18(6-5-10(13)17)21(19,20)9-4-3-8(14)12(16)11(9)15;/h3-4,10H,5-7,17H2,1-2H3;1H. The van der Waals surface area contributed by atoms with Gasteiger partial charge in [-0.25, -0.2) is 12.8 Å². The molecular weight excluding hydrogens is 374 g/mol. The Morgan fingerprint density at radius 2 is 1.95 bits per heavy atom. The lowest BCUT2D eigenvalue weighted by Gasteiger charge is -2.41. The molecule has 9 heteroatoms. The third kappa shape index (κ3) is 3.52. The fourth-order valence-corrected chi connectivity index (χ4v) is 4.72. The maximum atomic E-state index is 13.7. The first kappa shape index (κ1) is 19.9. The van der Waals surface area contributed by atoms with Gasteiger partial charge in [0.1, 0.15) is 4.90 Å². The van der Waals surface area contributed by atoms with E-state index in [9.17, 15) is 12.8 Å². The quantitative estimate of drug-likeness (QED) is 0.787. The van der Waals surface area contributed by atoms with E-state index < -0.39 is 20.9 Å². The molecule has 126 valence electrons. The van der Waals surface area contributed by atoms with Gasteiger partial charge < -0.3 is 5.73 Å². The number of halogens is 4. The van der Waals surface area contributed by atoms with Gasteiger partial charge in [0, 0.05) is 19.1 Å². The molecule has 0 saturated carbocycles. The number of benzene rings is 1. The Bertz CT molecular complexity index is 667. The first-order valence-corrected chi connectivity index (χ1v) is 8.66. The summed E-state index contributed by atoms with van der Waals surface area (Å²) in [5, 5.41) is -0.685. The molecule has 4 nitrogen and oxygen atoms in total. The lowest BCUT2D eigenvalue weighted by Crippen LogP contribution is -2.53. The molecular formula is C13H18Cl3FN2O2S. The first-order valence-electron chi connectivity index (χ1n) is 6.46. The molecule has 1 heterocycles. The number of rotatable bonds is 2. The number of hydrogen-bond donors (Lipinski definition) is 1. The van der Waals surface area contributed by atoms with Crippen molar-refractivity contribution in [1.29, 1.82) is 0 Å². The van der Waals surface area contributed by atoms with E-state index >= 15 is 0 Å². The summed E-state index contributed by atoms with van der Waals surface area (Å²) in [6.45, 7) is 4.36. The van der Waals surface area contributed by atoms with Crippen LogP contribution in [0, 0.1) is 11.2 Å². The second-order valence-corrected chi connectivity index (χ2v) is 8.59. The minimum Gasteiger partial charge on any atom is -0.327 e. The third-order valence-corrected chi connectivity index (χ3v) is 6.56. The first-order chi connectivity index (χ1) is 9.57. The van der Waals surface area contributed by atoms with Crippen molar-refractivity contribution in [3.63, 3.8) is 0 Å². The van der Waals surface area contributed by atoms with E-state index in [0.29, 0.717) is 6.42 Å². The van der Waals surface area contributed by atoms with Crippen molar-refractivity contribution < 1.29 is 12.8 Å².